The fraction of sp³-hybridized carbons (Fsp3) is 0.500. The van der Waals surface area contributed by atoms with Crippen molar-refractivity contribution in [2.75, 3.05) is 18.0 Å². The molecule has 2 rings (SSSR count). The SMILES string of the molecule is CC1=CCN(c2ncc(CO)s2)CC1. The van der Waals surface area contributed by atoms with Crippen LogP contribution in [0, 0.1) is 0 Å². The molecule has 1 N–H and O–H groups in total. The Bertz CT molecular complexity index is 346. The number of rotatable bonds is 2. The first-order chi connectivity index (χ1) is 6.79. The molecule has 3 nitrogen and oxygen atoms in total. The van der Waals surface area contributed by atoms with E-state index < -0.39 is 0 Å². The van der Waals surface area contributed by atoms with Crippen molar-refractivity contribution in [3.8, 4) is 0 Å². The molecule has 2 heterocycles. The van der Waals surface area contributed by atoms with Gasteiger partial charge in [0.2, 0.25) is 0 Å². The van der Waals surface area contributed by atoms with Crippen molar-refractivity contribution in [1.29, 1.82) is 0 Å². The predicted octanol–water partition coefficient (Wildman–Crippen LogP) is 1.79. The van der Waals surface area contributed by atoms with E-state index in [0.717, 1.165) is 29.5 Å². The Morgan fingerprint density at radius 1 is 1.64 bits per heavy atom. The maximum absolute atomic E-state index is 8.93. The molecule has 1 aliphatic rings. The highest BCUT2D eigenvalue weighted by Gasteiger charge is 2.13. The number of anilines is 1. The van der Waals surface area contributed by atoms with Crippen molar-refractivity contribution in [3.05, 3.63) is 22.7 Å². The summed E-state index contributed by atoms with van der Waals surface area (Å²) in [5.41, 5.74) is 1.46. The van der Waals surface area contributed by atoms with Crippen LogP contribution in [0.2, 0.25) is 0 Å². The van der Waals surface area contributed by atoms with Crippen molar-refractivity contribution in [2.24, 2.45) is 0 Å². The molecule has 0 saturated heterocycles. The molecule has 0 atom stereocenters. The van der Waals surface area contributed by atoms with Gasteiger partial charge in [0.15, 0.2) is 5.13 Å². The van der Waals surface area contributed by atoms with Crippen molar-refractivity contribution in [1.82, 2.24) is 4.98 Å². The van der Waals surface area contributed by atoms with Gasteiger partial charge >= 0.3 is 0 Å². The van der Waals surface area contributed by atoms with Gasteiger partial charge in [-0.05, 0) is 13.3 Å². The monoisotopic (exact) mass is 210 g/mol. The van der Waals surface area contributed by atoms with Crippen LogP contribution in [0.15, 0.2) is 17.8 Å². The Labute approximate surface area is 87.7 Å². The number of aliphatic hydroxyl groups excluding tert-OH is 1. The summed E-state index contributed by atoms with van der Waals surface area (Å²) in [7, 11) is 0. The van der Waals surface area contributed by atoms with E-state index in [0.29, 0.717) is 0 Å². The lowest BCUT2D eigenvalue weighted by Crippen LogP contribution is -2.27. The molecule has 0 aliphatic carbocycles. The lowest BCUT2D eigenvalue weighted by atomic mass is 10.1. The first kappa shape index (κ1) is 9.68. The van der Waals surface area contributed by atoms with E-state index in [4.69, 9.17) is 5.11 Å². The van der Waals surface area contributed by atoms with Crippen LogP contribution in [0.4, 0.5) is 5.13 Å². The summed E-state index contributed by atoms with van der Waals surface area (Å²) in [4.78, 5) is 7.47. The molecule has 0 aromatic carbocycles. The van der Waals surface area contributed by atoms with Gasteiger partial charge in [0, 0.05) is 19.3 Å². The van der Waals surface area contributed by atoms with Gasteiger partial charge < -0.3 is 10.0 Å². The molecule has 0 amide bonds. The number of hydrogen-bond donors (Lipinski definition) is 1. The minimum absolute atomic E-state index is 0.0976. The highest BCUT2D eigenvalue weighted by atomic mass is 32.1. The fourth-order valence-corrected chi connectivity index (χ4v) is 2.27. The van der Waals surface area contributed by atoms with Crippen LogP contribution in [0.1, 0.15) is 18.2 Å². The summed E-state index contributed by atoms with van der Waals surface area (Å²) in [5.74, 6) is 0. The number of nitrogens with zero attached hydrogens (tertiary/aromatic N) is 2. The zero-order valence-corrected chi connectivity index (χ0v) is 9.05. The number of aliphatic hydroxyl groups is 1. The zero-order chi connectivity index (χ0) is 9.97. The second-order valence-corrected chi connectivity index (χ2v) is 4.61. The molecule has 0 fully saturated rings. The van der Waals surface area contributed by atoms with E-state index in [2.05, 4.69) is 22.9 Å². The predicted molar refractivity (Wildman–Crippen MR) is 58.6 cm³/mol. The standard InChI is InChI=1S/C10H14N2OS/c1-8-2-4-12(5-3-8)10-11-6-9(7-13)14-10/h2,6,13H,3-5,7H2,1H3. The third kappa shape index (κ3) is 1.96. The van der Waals surface area contributed by atoms with Crippen molar-refractivity contribution in [3.63, 3.8) is 0 Å². The lowest BCUT2D eigenvalue weighted by Gasteiger charge is -2.24. The number of aromatic nitrogens is 1. The zero-order valence-electron chi connectivity index (χ0n) is 8.23. The van der Waals surface area contributed by atoms with Gasteiger partial charge in [0.25, 0.3) is 0 Å². The topological polar surface area (TPSA) is 36.4 Å². The quantitative estimate of drug-likeness (QED) is 0.756. The van der Waals surface area contributed by atoms with Gasteiger partial charge in [-0.15, -0.1) is 0 Å². The molecule has 4 heteroatoms. The molecule has 0 unspecified atom stereocenters. The molecule has 1 aliphatic heterocycles. The fourth-order valence-electron chi connectivity index (χ4n) is 1.46. The third-order valence-corrected chi connectivity index (χ3v) is 3.45. The molecule has 14 heavy (non-hydrogen) atoms. The third-order valence-electron chi connectivity index (χ3n) is 2.40. The van der Waals surface area contributed by atoms with E-state index >= 15 is 0 Å². The first-order valence-electron chi connectivity index (χ1n) is 4.76. The highest BCUT2D eigenvalue weighted by Crippen LogP contribution is 2.24. The molecule has 76 valence electrons. The van der Waals surface area contributed by atoms with Gasteiger partial charge in [0.1, 0.15) is 0 Å². The molecule has 1 aromatic rings. The van der Waals surface area contributed by atoms with Gasteiger partial charge in [-0.3, -0.25) is 0 Å². The van der Waals surface area contributed by atoms with Gasteiger partial charge in [-0.25, -0.2) is 4.98 Å². The summed E-state index contributed by atoms with van der Waals surface area (Å²) in [5, 5.41) is 9.96. The Hall–Kier alpha value is -0.870. The average molecular weight is 210 g/mol. The van der Waals surface area contributed by atoms with Crippen molar-refractivity contribution in [2.45, 2.75) is 20.0 Å². The second-order valence-electron chi connectivity index (χ2n) is 3.51. The Morgan fingerprint density at radius 3 is 3.07 bits per heavy atom. The van der Waals surface area contributed by atoms with E-state index in [-0.39, 0.29) is 6.61 Å². The van der Waals surface area contributed by atoms with Crippen LogP contribution >= 0.6 is 11.3 Å². The highest BCUT2D eigenvalue weighted by molar-refractivity contribution is 7.15. The van der Waals surface area contributed by atoms with Crippen LogP contribution < -0.4 is 4.90 Å². The van der Waals surface area contributed by atoms with E-state index in [9.17, 15) is 0 Å². The summed E-state index contributed by atoms with van der Waals surface area (Å²) >= 11 is 1.58. The molecule has 0 spiro atoms. The van der Waals surface area contributed by atoms with Crippen molar-refractivity contribution >= 4 is 16.5 Å². The summed E-state index contributed by atoms with van der Waals surface area (Å²) < 4.78 is 0. The summed E-state index contributed by atoms with van der Waals surface area (Å²) in [6.45, 7) is 4.25. The van der Waals surface area contributed by atoms with Crippen LogP contribution in [-0.2, 0) is 6.61 Å². The van der Waals surface area contributed by atoms with Crippen LogP contribution in [-0.4, -0.2) is 23.2 Å². The maximum atomic E-state index is 8.93. The van der Waals surface area contributed by atoms with Gasteiger partial charge in [0.05, 0.1) is 11.5 Å². The number of hydrogen-bond acceptors (Lipinski definition) is 4. The Balaban J connectivity index is 2.09. The Kier molecular flexibility index (Phi) is 2.84. The normalized spacial score (nSPS) is 17.0. The minimum Gasteiger partial charge on any atom is -0.391 e. The van der Waals surface area contributed by atoms with Crippen molar-refractivity contribution < 1.29 is 5.11 Å². The molecular formula is C10H14N2OS. The van der Waals surface area contributed by atoms with E-state index in [1.54, 1.807) is 17.5 Å². The van der Waals surface area contributed by atoms with E-state index in [1.807, 2.05) is 0 Å². The molecule has 0 radical (unpaired) electrons. The maximum Gasteiger partial charge on any atom is 0.185 e. The second kappa shape index (κ2) is 4.11. The van der Waals surface area contributed by atoms with Gasteiger partial charge in [-0.1, -0.05) is 23.0 Å². The largest absolute Gasteiger partial charge is 0.391 e. The van der Waals surface area contributed by atoms with Crippen LogP contribution in [0.25, 0.3) is 0 Å². The minimum atomic E-state index is 0.0976. The molecule has 0 saturated carbocycles. The van der Waals surface area contributed by atoms with E-state index in [1.165, 1.54) is 5.57 Å². The lowest BCUT2D eigenvalue weighted by molar-refractivity contribution is 0.285. The summed E-state index contributed by atoms with van der Waals surface area (Å²) in [6, 6.07) is 0. The molecular weight excluding hydrogens is 196 g/mol. The van der Waals surface area contributed by atoms with Crippen LogP contribution in [0.3, 0.4) is 0 Å². The summed E-state index contributed by atoms with van der Waals surface area (Å²) in [6.07, 6.45) is 5.11. The van der Waals surface area contributed by atoms with Gasteiger partial charge in [-0.2, -0.15) is 0 Å². The smallest absolute Gasteiger partial charge is 0.185 e. The molecule has 0 bridgehead atoms. The van der Waals surface area contributed by atoms with Crippen LogP contribution in [0.5, 0.6) is 0 Å². The Morgan fingerprint density at radius 2 is 2.50 bits per heavy atom. The average Bonchev–Trinajstić information content (AvgIpc) is 2.67. The first-order valence-corrected chi connectivity index (χ1v) is 5.57. The number of thiazole rings is 1. The molecule has 1 aromatic heterocycles.